The highest BCUT2D eigenvalue weighted by Crippen LogP contribution is 2.40. The zero-order chi connectivity index (χ0) is 20.2. The highest BCUT2D eigenvalue weighted by molar-refractivity contribution is 6.30. The molecule has 0 radical (unpaired) electrons. The molecule has 2 aromatic carbocycles. The van der Waals surface area contributed by atoms with Crippen LogP contribution >= 0.6 is 11.6 Å². The fourth-order valence-corrected chi connectivity index (χ4v) is 4.78. The molecule has 1 fully saturated rings. The maximum Gasteiger partial charge on any atom is 0.227 e. The molecule has 4 nitrogen and oxygen atoms in total. The summed E-state index contributed by atoms with van der Waals surface area (Å²) in [6, 6.07) is 18.9. The molecule has 0 amide bonds. The molecule has 1 saturated carbocycles. The van der Waals surface area contributed by atoms with Gasteiger partial charge in [0.15, 0.2) is 0 Å². The van der Waals surface area contributed by atoms with Gasteiger partial charge < -0.3 is 9.42 Å². The predicted molar refractivity (Wildman–Crippen MR) is 117 cm³/mol. The summed E-state index contributed by atoms with van der Waals surface area (Å²) in [5.41, 5.74) is 2.36. The number of nitrogens with zero attached hydrogens (tertiary/aromatic N) is 3. The normalized spacial score (nSPS) is 20.7. The summed E-state index contributed by atoms with van der Waals surface area (Å²) in [5.74, 6) is 2.69. The number of hydrogen-bond donors (Lipinski definition) is 0. The van der Waals surface area contributed by atoms with Crippen LogP contribution in [0.5, 0.6) is 0 Å². The Labute approximate surface area is 177 Å². The van der Waals surface area contributed by atoms with E-state index in [1.54, 1.807) is 0 Å². The first-order valence-corrected chi connectivity index (χ1v) is 10.8. The van der Waals surface area contributed by atoms with Crippen LogP contribution in [0, 0.1) is 11.8 Å². The summed E-state index contributed by atoms with van der Waals surface area (Å²) in [6.45, 7) is 0. The summed E-state index contributed by atoms with van der Waals surface area (Å²) in [4.78, 5) is 6.98. The van der Waals surface area contributed by atoms with Crippen LogP contribution in [0.1, 0.15) is 43.2 Å². The zero-order valence-electron chi connectivity index (χ0n) is 17.1. The lowest BCUT2D eigenvalue weighted by Gasteiger charge is -2.37. The summed E-state index contributed by atoms with van der Waals surface area (Å²) in [5, 5.41) is 4.86. The average Bonchev–Trinajstić information content (AvgIpc) is 3.19. The molecule has 1 aliphatic rings. The van der Waals surface area contributed by atoms with Gasteiger partial charge in [-0.3, -0.25) is 0 Å². The van der Waals surface area contributed by atoms with Crippen molar-refractivity contribution in [3.05, 3.63) is 71.1 Å². The van der Waals surface area contributed by atoms with Crippen molar-refractivity contribution in [1.29, 1.82) is 0 Å². The van der Waals surface area contributed by atoms with Crippen molar-refractivity contribution >= 4 is 11.6 Å². The third-order valence-electron chi connectivity index (χ3n) is 6.07. The largest absolute Gasteiger partial charge is 0.339 e. The molecule has 29 heavy (non-hydrogen) atoms. The SMILES string of the molecule is CN(C)C(c1ccccc1)C1CCC(Cc2nc(-c3ccc(Cl)cc3)no2)CC1. The molecular formula is C24H28ClN3O. The van der Waals surface area contributed by atoms with Gasteiger partial charge in [-0.15, -0.1) is 0 Å². The lowest BCUT2D eigenvalue weighted by molar-refractivity contribution is 0.146. The molecule has 1 atom stereocenters. The second-order valence-electron chi connectivity index (χ2n) is 8.32. The van der Waals surface area contributed by atoms with E-state index >= 15 is 0 Å². The van der Waals surface area contributed by atoms with Crippen molar-refractivity contribution < 1.29 is 4.52 Å². The third-order valence-corrected chi connectivity index (χ3v) is 6.32. The average molecular weight is 410 g/mol. The van der Waals surface area contributed by atoms with E-state index in [9.17, 15) is 0 Å². The molecule has 4 rings (SSSR count). The van der Waals surface area contributed by atoms with Crippen molar-refractivity contribution in [3.63, 3.8) is 0 Å². The van der Waals surface area contributed by atoms with E-state index in [1.807, 2.05) is 24.3 Å². The summed E-state index contributed by atoms with van der Waals surface area (Å²) in [7, 11) is 4.39. The topological polar surface area (TPSA) is 42.2 Å². The summed E-state index contributed by atoms with van der Waals surface area (Å²) in [6.07, 6.45) is 5.76. The van der Waals surface area contributed by atoms with Crippen LogP contribution in [0.25, 0.3) is 11.4 Å². The number of halogens is 1. The van der Waals surface area contributed by atoms with Gasteiger partial charge in [-0.1, -0.05) is 47.1 Å². The molecule has 1 heterocycles. The van der Waals surface area contributed by atoms with E-state index in [2.05, 4.69) is 59.5 Å². The Morgan fingerprint density at radius 3 is 2.34 bits per heavy atom. The third kappa shape index (κ3) is 4.88. The van der Waals surface area contributed by atoms with Gasteiger partial charge in [0.1, 0.15) is 0 Å². The Balaban J connectivity index is 1.36. The Morgan fingerprint density at radius 1 is 1.00 bits per heavy atom. The van der Waals surface area contributed by atoms with Gasteiger partial charge >= 0.3 is 0 Å². The minimum atomic E-state index is 0.483. The van der Waals surface area contributed by atoms with E-state index in [4.69, 9.17) is 16.1 Å². The lowest BCUT2D eigenvalue weighted by Crippen LogP contribution is -2.30. The Kier molecular flexibility index (Phi) is 6.31. The number of benzene rings is 2. The monoisotopic (exact) mass is 409 g/mol. The Bertz CT molecular complexity index is 899. The van der Waals surface area contributed by atoms with Crippen LogP contribution in [0.2, 0.25) is 5.02 Å². The quantitative estimate of drug-likeness (QED) is 0.497. The molecule has 5 heteroatoms. The lowest BCUT2D eigenvalue weighted by atomic mass is 9.75. The van der Waals surface area contributed by atoms with Crippen molar-refractivity contribution in [2.24, 2.45) is 11.8 Å². The minimum absolute atomic E-state index is 0.483. The highest BCUT2D eigenvalue weighted by Gasteiger charge is 2.30. The van der Waals surface area contributed by atoms with Gasteiger partial charge in [-0.25, -0.2) is 0 Å². The predicted octanol–water partition coefficient (Wildman–Crippen LogP) is 6.04. The molecule has 1 aliphatic carbocycles. The Hall–Kier alpha value is -2.17. The van der Waals surface area contributed by atoms with E-state index in [0.29, 0.717) is 28.7 Å². The van der Waals surface area contributed by atoms with Crippen molar-refractivity contribution in [2.45, 2.75) is 38.1 Å². The van der Waals surface area contributed by atoms with Gasteiger partial charge in [0.05, 0.1) is 0 Å². The molecule has 3 aromatic rings. The second-order valence-corrected chi connectivity index (χ2v) is 8.76. The van der Waals surface area contributed by atoms with Crippen molar-refractivity contribution in [1.82, 2.24) is 15.0 Å². The van der Waals surface area contributed by atoms with E-state index in [1.165, 1.54) is 31.2 Å². The minimum Gasteiger partial charge on any atom is -0.339 e. The van der Waals surface area contributed by atoms with Crippen LogP contribution in [0.4, 0.5) is 0 Å². The van der Waals surface area contributed by atoms with Crippen molar-refractivity contribution in [2.75, 3.05) is 14.1 Å². The van der Waals surface area contributed by atoms with Crippen LogP contribution in [0.15, 0.2) is 59.1 Å². The van der Waals surface area contributed by atoms with Gasteiger partial charge in [0.25, 0.3) is 0 Å². The van der Waals surface area contributed by atoms with E-state index < -0.39 is 0 Å². The van der Waals surface area contributed by atoms with Gasteiger partial charge in [0, 0.05) is 23.0 Å². The van der Waals surface area contributed by atoms with Crippen LogP contribution in [-0.2, 0) is 6.42 Å². The molecule has 1 unspecified atom stereocenters. The maximum absolute atomic E-state index is 5.96. The van der Waals surface area contributed by atoms with Gasteiger partial charge in [0.2, 0.25) is 11.7 Å². The van der Waals surface area contributed by atoms with Crippen LogP contribution < -0.4 is 0 Å². The number of hydrogen-bond acceptors (Lipinski definition) is 4. The second kappa shape index (κ2) is 9.10. The van der Waals surface area contributed by atoms with Crippen LogP contribution in [-0.4, -0.2) is 29.1 Å². The number of rotatable bonds is 6. The van der Waals surface area contributed by atoms with Gasteiger partial charge in [-0.2, -0.15) is 4.98 Å². The standard InChI is InChI=1S/C24H28ClN3O/c1-28(2)23(18-6-4-3-5-7-18)19-10-8-17(9-11-19)16-22-26-24(27-29-22)20-12-14-21(25)15-13-20/h3-7,12-15,17,19,23H,8-11,16H2,1-2H3. The summed E-state index contributed by atoms with van der Waals surface area (Å²) < 4.78 is 5.53. The summed E-state index contributed by atoms with van der Waals surface area (Å²) >= 11 is 5.96. The van der Waals surface area contributed by atoms with E-state index in [-0.39, 0.29) is 0 Å². The van der Waals surface area contributed by atoms with Gasteiger partial charge in [-0.05, 0) is 81.4 Å². The fourth-order valence-electron chi connectivity index (χ4n) is 4.65. The maximum atomic E-state index is 5.96. The zero-order valence-corrected chi connectivity index (χ0v) is 17.8. The smallest absolute Gasteiger partial charge is 0.227 e. The van der Waals surface area contributed by atoms with E-state index in [0.717, 1.165) is 17.9 Å². The Morgan fingerprint density at radius 2 is 1.69 bits per heavy atom. The first kappa shape index (κ1) is 20.1. The molecule has 0 N–H and O–H groups in total. The molecular weight excluding hydrogens is 382 g/mol. The molecule has 0 bridgehead atoms. The highest BCUT2D eigenvalue weighted by atomic mass is 35.5. The molecule has 1 aromatic heterocycles. The number of aromatic nitrogens is 2. The first-order chi connectivity index (χ1) is 14.1. The molecule has 0 saturated heterocycles. The first-order valence-electron chi connectivity index (χ1n) is 10.4. The van der Waals surface area contributed by atoms with Crippen LogP contribution in [0.3, 0.4) is 0 Å². The molecule has 0 aliphatic heterocycles. The van der Waals surface area contributed by atoms with Crippen molar-refractivity contribution in [3.8, 4) is 11.4 Å². The molecule has 0 spiro atoms. The fraction of sp³-hybridized carbons (Fsp3) is 0.417. The molecule has 152 valence electrons.